The number of halogens is 6. The summed E-state index contributed by atoms with van der Waals surface area (Å²) in [6.07, 6.45) is -8.38. The third-order valence-corrected chi connectivity index (χ3v) is 4.58. The molecule has 1 N–H and O–H groups in total. The van der Waals surface area contributed by atoms with Crippen molar-refractivity contribution < 1.29 is 36.1 Å². The van der Waals surface area contributed by atoms with E-state index in [0.717, 1.165) is 16.8 Å². The van der Waals surface area contributed by atoms with Gasteiger partial charge in [-0.25, -0.2) is 0 Å². The number of carbonyl (C=O) groups is 1. The number of carbonyl (C=O) groups excluding carboxylic acids is 1. The van der Waals surface area contributed by atoms with Crippen LogP contribution in [0.15, 0.2) is 29.3 Å². The summed E-state index contributed by atoms with van der Waals surface area (Å²) < 4.78 is 77.2. The minimum absolute atomic E-state index is 0.0996. The molecule has 0 unspecified atom stereocenters. The molecule has 0 aliphatic carbocycles. The Bertz CT molecular complexity index is 926. The Balaban J connectivity index is 2.25. The molecule has 0 fully saturated rings. The molecule has 14 heteroatoms. The van der Waals surface area contributed by atoms with Gasteiger partial charge in [-0.05, 0) is 28.1 Å². The molecule has 0 aliphatic rings. The van der Waals surface area contributed by atoms with Gasteiger partial charge in [0, 0.05) is 11.8 Å². The Morgan fingerprint density at radius 1 is 1.28 bits per heavy atom. The van der Waals surface area contributed by atoms with E-state index in [-0.39, 0.29) is 22.5 Å². The lowest BCUT2D eigenvalue weighted by Crippen LogP contribution is -2.20. The standard InChI is InChI=1S/C15H12F6N4O3S/c1-8-22-12(25(27)28)5-24(8)6-13(26)23-10-4-9(15(19,20)21)2-3-11(10)29-7-14(16,17)18/h2-5H,6-7H2,1H3,(H,23,26). The van der Waals surface area contributed by atoms with E-state index in [1.54, 1.807) is 0 Å². The number of nitro groups is 1. The zero-order chi connectivity index (χ0) is 22.0. The van der Waals surface area contributed by atoms with Crippen molar-refractivity contribution >= 4 is 29.2 Å². The predicted molar refractivity (Wildman–Crippen MR) is 90.5 cm³/mol. The number of thioether (sulfide) groups is 1. The van der Waals surface area contributed by atoms with Crippen LogP contribution in [0.1, 0.15) is 11.4 Å². The molecular weight excluding hydrogens is 430 g/mol. The van der Waals surface area contributed by atoms with Crippen molar-refractivity contribution in [3.8, 4) is 0 Å². The molecule has 1 aromatic heterocycles. The van der Waals surface area contributed by atoms with Crippen molar-refractivity contribution in [1.82, 2.24) is 9.55 Å². The quantitative estimate of drug-likeness (QED) is 0.310. The lowest BCUT2D eigenvalue weighted by molar-refractivity contribution is -0.389. The molecule has 2 aromatic rings. The van der Waals surface area contributed by atoms with Crippen LogP contribution in [0.3, 0.4) is 0 Å². The SMILES string of the molecule is Cc1nc([N+](=O)[O-])cn1CC(=O)Nc1cc(C(F)(F)F)ccc1SCC(F)(F)F. The van der Waals surface area contributed by atoms with Gasteiger partial charge in [0.1, 0.15) is 12.7 Å². The average molecular weight is 442 g/mol. The Hall–Kier alpha value is -2.77. The average Bonchev–Trinajstić information content (AvgIpc) is 2.93. The number of aromatic nitrogens is 2. The first-order valence-electron chi connectivity index (χ1n) is 7.65. The third kappa shape index (κ3) is 6.37. The fraction of sp³-hybridized carbons (Fsp3) is 0.333. The first kappa shape index (κ1) is 22.5. The highest BCUT2D eigenvalue weighted by molar-refractivity contribution is 7.99. The number of amides is 1. The van der Waals surface area contributed by atoms with E-state index in [1.807, 2.05) is 0 Å². The van der Waals surface area contributed by atoms with Crippen LogP contribution < -0.4 is 5.32 Å². The van der Waals surface area contributed by atoms with Gasteiger partial charge in [0.2, 0.25) is 11.7 Å². The summed E-state index contributed by atoms with van der Waals surface area (Å²) in [4.78, 5) is 25.5. The topological polar surface area (TPSA) is 90.1 Å². The van der Waals surface area contributed by atoms with E-state index in [4.69, 9.17) is 0 Å². The van der Waals surface area contributed by atoms with Gasteiger partial charge in [0.05, 0.1) is 17.0 Å². The van der Waals surface area contributed by atoms with E-state index in [0.29, 0.717) is 12.1 Å². The van der Waals surface area contributed by atoms with E-state index in [2.05, 4.69) is 10.3 Å². The molecule has 0 spiro atoms. The lowest BCUT2D eigenvalue weighted by atomic mass is 10.2. The number of benzene rings is 1. The molecule has 0 saturated heterocycles. The van der Waals surface area contributed by atoms with E-state index >= 15 is 0 Å². The summed E-state index contributed by atoms with van der Waals surface area (Å²) in [7, 11) is 0. The highest BCUT2D eigenvalue weighted by Gasteiger charge is 2.32. The number of imidazole rings is 1. The molecule has 29 heavy (non-hydrogen) atoms. The van der Waals surface area contributed by atoms with E-state index in [9.17, 15) is 41.3 Å². The number of hydrogen-bond acceptors (Lipinski definition) is 5. The molecule has 7 nitrogen and oxygen atoms in total. The fourth-order valence-corrected chi connectivity index (χ4v) is 2.92. The zero-order valence-corrected chi connectivity index (χ0v) is 15.3. The molecule has 0 aliphatic heterocycles. The van der Waals surface area contributed by atoms with E-state index in [1.165, 1.54) is 6.92 Å². The van der Waals surface area contributed by atoms with Gasteiger partial charge in [-0.3, -0.25) is 9.36 Å². The van der Waals surface area contributed by atoms with Gasteiger partial charge in [0.15, 0.2) is 0 Å². The second-order valence-corrected chi connectivity index (χ2v) is 6.71. The molecule has 0 radical (unpaired) electrons. The van der Waals surface area contributed by atoms with Crippen molar-refractivity contribution in [2.45, 2.75) is 30.7 Å². The maximum Gasteiger partial charge on any atom is 0.416 e. The van der Waals surface area contributed by atoms with Crippen LogP contribution in [-0.4, -0.2) is 32.3 Å². The van der Waals surface area contributed by atoms with Gasteiger partial charge in [-0.15, -0.1) is 11.8 Å². The smallest absolute Gasteiger partial charge is 0.358 e. The summed E-state index contributed by atoms with van der Waals surface area (Å²) >= 11 is 0.217. The Morgan fingerprint density at radius 2 is 1.93 bits per heavy atom. The highest BCUT2D eigenvalue weighted by atomic mass is 32.2. The van der Waals surface area contributed by atoms with Gasteiger partial charge < -0.3 is 15.4 Å². The van der Waals surface area contributed by atoms with Crippen LogP contribution >= 0.6 is 11.8 Å². The summed E-state index contributed by atoms with van der Waals surface area (Å²) in [6, 6.07) is 1.97. The monoisotopic (exact) mass is 442 g/mol. The summed E-state index contributed by atoms with van der Waals surface area (Å²) in [5.74, 6) is -2.69. The van der Waals surface area contributed by atoms with Crippen LogP contribution in [0.4, 0.5) is 37.8 Å². The van der Waals surface area contributed by atoms with Gasteiger partial charge >= 0.3 is 18.2 Å². The molecule has 0 atom stereocenters. The maximum atomic E-state index is 12.9. The number of nitrogens with zero attached hydrogens (tertiary/aromatic N) is 3. The Labute approximate surface area is 163 Å². The largest absolute Gasteiger partial charge is 0.416 e. The van der Waals surface area contributed by atoms with E-state index < -0.39 is 52.5 Å². The number of alkyl halides is 6. The molecular formula is C15H12F6N4O3S. The molecule has 0 bridgehead atoms. The Morgan fingerprint density at radius 3 is 2.45 bits per heavy atom. The first-order chi connectivity index (χ1) is 13.3. The summed E-state index contributed by atoms with van der Waals surface area (Å²) in [5, 5.41) is 12.8. The predicted octanol–water partition coefficient (Wildman–Crippen LogP) is 4.41. The number of anilines is 1. The molecule has 0 saturated carbocycles. The third-order valence-electron chi connectivity index (χ3n) is 3.44. The Kier molecular flexibility index (Phi) is 6.45. The van der Waals surface area contributed by atoms with Gasteiger partial charge in [0.25, 0.3) is 0 Å². The number of hydrogen-bond donors (Lipinski definition) is 1. The van der Waals surface area contributed by atoms with Gasteiger partial charge in [-0.2, -0.15) is 26.3 Å². The van der Waals surface area contributed by atoms with Crippen LogP contribution in [0.2, 0.25) is 0 Å². The van der Waals surface area contributed by atoms with Crippen molar-refractivity contribution in [3.05, 3.63) is 45.9 Å². The van der Waals surface area contributed by atoms with Crippen molar-refractivity contribution in [2.75, 3.05) is 11.1 Å². The minimum Gasteiger partial charge on any atom is -0.358 e. The lowest BCUT2D eigenvalue weighted by Gasteiger charge is -2.15. The normalized spacial score (nSPS) is 12.1. The van der Waals surface area contributed by atoms with Crippen LogP contribution in [0, 0.1) is 17.0 Å². The fourth-order valence-electron chi connectivity index (χ4n) is 2.17. The van der Waals surface area contributed by atoms with Crippen LogP contribution in [0.5, 0.6) is 0 Å². The van der Waals surface area contributed by atoms with Crippen LogP contribution in [0.25, 0.3) is 0 Å². The molecule has 1 amide bonds. The number of aryl methyl sites for hydroxylation is 1. The zero-order valence-electron chi connectivity index (χ0n) is 14.5. The second kappa shape index (κ2) is 8.31. The van der Waals surface area contributed by atoms with Crippen molar-refractivity contribution in [1.29, 1.82) is 0 Å². The van der Waals surface area contributed by atoms with Crippen LogP contribution in [-0.2, 0) is 17.5 Å². The maximum absolute atomic E-state index is 12.9. The highest BCUT2D eigenvalue weighted by Crippen LogP contribution is 2.37. The number of nitrogens with one attached hydrogen (secondary N) is 1. The summed E-state index contributed by atoms with van der Waals surface area (Å²) in [6.45, 7) is 0.835. The summed E-state index contributed by atoms with van der Waals surface area (Å²) in [5.41, 5.74) is -1.61. The number of rotatable bonds is 6. The van der Waals surface area contributed by atoms with Crippen molar-refractivity contribution in [3.63, 3.8) is 0 Å². The second-order valence-electron chi connectivity index (χ2n) is 5.69. The minimum atomic E-state index is -4.77. The van der Waals surface area contributed by atoms with Gasteiger partial charge in [-0.1, -0.05) is 0 Å². The molecule has 1 aromatic carbocycles. The molecule has 2 rings (SSSR count). The van der Waals surface area contributed by atoms with Crippen molar-refractivity contribution in [2.24, 2.45) is 0 Å². The molecule has 158 valence electrons. The first-order valence-corrected chi connectivity index (χ1v) is 8.63. The molecule has 1 heterocycles.